The molecule has 1 saturated heterocycles. The summed E-state index contributed by atoms with van der Waals surface area (Å²) in [6.45, 7) is 6.74. The van der Waals surface area contributed by atoms with Gasteiger partial charge in [-0.25, -0.2) is 17.8 Å². The Kier molecular flexibility index (Phi) is 6.18. The van der Waals surface area contributed by atoms with E-state index >= 15 is 0 Å². The Morgan fingerprint density at radius 2 is 1.93 bits per heavy atom. The first-order chi connectivity index (χ1) is 13.7. The van der Waals surface area contributed by atoms with Crippen LogP contribution in [0.1, 0.15) is 32.8 Å². The molecule has 1 aliphatic heterocycles. The number of aromatic hydroxyl groups is 1. The Labute approximate surface area is 170 Å². The van der Waals surface area contributed by atoms with E-state index in [2.05, 4.69) is 29.4 Å². The van der Waals surface area contributed by atoms with Crippen LogP contribution in [0.5, 0.6) is 5.75 Å². The number of sulfonamides is 1. The average molecular weight is 421 g/mol. The molecule has 1 aliphatic rings. The van der Waals surface area contributed by atoms with Gasteiger partial charge < -0.3 is 5.11 Å². The van der Waals surface area contributed by atoms with E-state index in [0.717, 1.165) is 12.5 Å². The summed E-state index contributed by atoms with van der Waals surface area (Å²) >= 11 is 0. The minimum atomic E-state index is -3.60. The summed E-state index contributed by atoms with van der Waals surface area (Å²) in [4.78, 5) is 4.26. The van der Waals surface area contributed by atoms with Crippen molar-refractivity contribution < 1.29 is 17.9 Å². The van der Waals surface area contributed by atoms with Gasteiger partial charge in [0, 0.05) is 24.8 Å². The van der Waals surface area contributed by atoms with Gasteiger partial charge >= 0.3 is 0 Å². The predicted molar refractivity (Wildman–Crippen MR) is 110 cm³/mol. The Morgan fingerprint density at radius 1 is 1.24 bits per heavy atom. The molecular weight excluding hydrogens is 395 g/mol. The largest absolute Gasteiger partial charge is 0.507 e. The number of benzene rings is 1. The number of nitrogens with zero attached hydrogens (tertiary/aromatic N) is 3. The standard InChI is InChI=1S/C20H25FN4O3S/c1-13-8-14(2)12-25(11-13)29(27,28)17-5-7-20(22-10-17)24-23-15(3)18-9-16(21)4-6-19(18)26/h4-7,9-10,13-14,26H,8,11-12H2,1-3H3,(H,22,24)/b23-15+/t13-,14-/m0/s1. The number of phenols is 1. The van der Waals surface area contributed by atoms with E-state index in [0.29, 0.717) is 36.5 Å². The molecule has 0 radical (unpaired) electrons. The molecule has 29 heavy (non-hydrogen) atoms. The third-order valence-corrected chi connectivity index (χ3v) is 6.71. The molecule has 3 rings (SSSR count). The van der Waals surface area contributed by atoms with Gasteiger partial charge in [-0.3, -0.25) is 5.43 Å². The van der Waals surface area contributed by atoms with Crippen molar-refractivity contribution in [3.63, 3.8) is 0 Å². The molecule has 0 aliphatic carbocycles. The number of pyridine rings is 1. The molecule has 0 saturated carbocycles. The zero-order valence-electron chi connectivity index (χ0n) is 16.6. The fourth-order valence-corrected chi connectivity index (χ4v) is 5.18. The summed E-state index contributed by atoms with van der Waals surface area (Å²) < 4.78 is 40.7. The number of hydrogen-bond acceptors (Lipinski definition) is 6. The normalized spacial score (nSPS) is 21.2. The van der Waals surface area contributed by atoms with Crippen LogP contribution in [0.4, 0.5) is 10.2 Å². The molecule has 0 spiro atoms. The summed E-state index contributed by atoms with van der Waals surface area (Å²) in [6.07, 6.45) is 2.32. The molecule has 1 aromatic heterocycles. The van der Waals surface area contributed by atoms with E-state index in [-0.39, 0.29) is 16.2 Å². The molecule has 2 N–H and O–H groups in total. The summed E-state index contributed by atoms with van der Waals surface area (Å²) in [6, 6.07) is 6.60. The third-order valence-electron chi connectivity index (χ3n) is 4.90. The van der Waals surface area contributed by atoms with Gasteiger partial charge in [0.25, 0.3) is 0 Å². The Bertz CT molecular complexity index is 999. The number of rotatable bonds is 5. The minimum absolute atomic E-state index is 0.0890. The molecule has 2 aromatic rings. The second kappa shape index (κ2) is 8.46. The number of aromatic nitrogens is 1. The number of anilines is 1. The van der Waals surface area contributed by atoms with Crippen LogP contribution < -0.4 is 5.43 Å². The zero-order valence-corrected chi connectivity index (χ0v) is 17.4. The van der Waals surface area contributed by atoms with Gasteiger partial charge in [-0.2, -0.15) is 9.41 Å². The Balaban J connectivity index is 1.74. The minimum Gasteiger partial charge on any atom is -0.507 e. The van der Waals surface area contributed by atoms with E-state index in [9.17, 15) is 17.9 Å². The number of piperidine rings is 1. The van der Waals surface area contributed by atoms with Crippen molar-refractivity contribution in [2.24, 2.45) is 16.9 Å². The molecule has 1 aromatic carbocycles. The fraction of sp³-hybridized carbons (Fsp3) is 0.400. The van der Waals surface area contributed by atoms with Gasteiger partial charge in [0.15, 0.2) is 0 Å². The van der Waals surface area contributed by atoms with E-state index in [1.807, 2.05) is 0 Å². The second-order valence-electron chi connectivity index (χ2n) is 7.62. The van der Waals surface area contributed by atoms with E-state index < -0.39 is 15.8 Å². The van der Waals surface area contributed by atoms with Gasteiger partial charge in [-0.15, -0.1) is 0 Å². The lowest BCUT2D eigenvalue weighted by Gasteiger charge is -2.33. The molecule has 0 bridgehead atoms. The highest BCUT2D eigenvalue weighted by Gasteiger charge is 2.31. The first kappa shape index (κ1) is 21.2. The van der Waals surface area contributed by atoms with Crippen molar-refractivity contribution in [2.75, 3.05) is 18.5 Å². The Morgan fingerprint density at radius 3 is 2.55 bits per heavy atom. The first-order valence-corrected chi connectivity index (χ1v) is 10.9. The summed E-state index contributed by atoms with van der Waals surface area (Å²) in [5, 5.41) is 13.9. The predicted octanol–water partition coefficient (Wildman–Crippen LogP) is 3.43. The number of phenolic OH excluding ortho intramolecular Hbond substituents is 1. The van der Waals surface area contributed by atoms with Crippen LogP contribution in [-0.2, 0) is 10.0 Å². The van der Waals surface area contributed by atoms with E-state index in [1.54, 1.807) is 6.92 Å². The number of hydrogen-bond donors (Lipinski definition) is 2. The van der Waals surface area contributed by atoms with Crippen LogP contribution in [0.2, 0.25) is 0 Å². The molecule has 0 unspecified atom stereocenters. The topological polar surface area (TPSA) is 94.9 Å². The summed E-state index contributed by atoms with van der Waals surface area (Å²) in [5.41, 5.74) is 3.31. The molecule has 2 heterocycles. The highest BCUT2D eigenvalue weighted by molar-refractivity contribution is 7.89. The molecule has 9 heteroatoms. The van der Waals surface area contributed by atoms with Gasteiger partial charge in [0.2, 0.25) is 10.0 Å². The monoisotopic (exact) mass is 420 g/mol. The van der Waals surface area contributed by atoms with Gasteiger partial charge in [0.05, 0.1) is 5.71 Å². The highest BCUT2D eigenvalue weighted by Crippen LogP contribution is 2.26. The molecular formula is C20H25FN4O3S. The molecule has 2 atom stereocenters. The number of halogens is 1. The van der Waals surface area contributed by atoms with Crippen LogP contribution in [-0.4, -0.2) is 41.6 Å². The Hall–Kier alpha value is -2.52. The average Bonchev–Trinajstić information content (AvgIpc) is 2.67. The van der Waals surface area contributed by atoms with Crippen molar-refractivity contribution in [1.29, 1.82) is 0 Å². The van der Waals surface area contributed by atoms with Crippen LogP contribution in [0.25, 0.3) is 0 Å². The maximum atomic E-state index is 13.4. The molecule has 0 amide bonds. The quantitative estimate of drug-likeness (QED) is 0.571. The van der Waals surface area contributed by atoms with E-state index in [1.165, 1.54) is 34.8 Å². The van der Waals surface area contributed by atoms with Gasteiger partial charge in [0.1, 0.15) is 22.3 Å². The SMILES string of the molecule is C/C(=N\Nc1ccc(S(=O)(=O)N2C[C@@H](C)C[C@H](C)C2)cn1)c1cc(F)ccc1O. The van der Waals surface area contributed by atoms with Crippen LogP contribution in [0.3, 0.4) is 0 Å². The molecule has 156 valence electrons. The van der Waals surface area contributed by atoms with Crippen LogP contribution in [0.15, 0.2) is 46.5 Å². The maximum absolute atomic E-state index is 13.4. The smallest absolute Gasteiger partial charge is 0.244 e. The fourth-order valence-electron chi connectivity index (χ4n) is 3.55. The van der Waals surface area contributed by atoms with Crippen LogP contribution >= 0.6 is 0 Å². The first-order valence-electron chi connectivity index (χ1n) is 9.42. The number of hydrazone groups is 1. The van der Waals surface area contributed by atoms with E-state index in [4.69, 9.17) is 0 Å². The van der Waals surface area contributed by atoms with Gasteiger partial charge in [-0.05, 0) is 55.5 Å². The third kappa shape index (κ3) is 4.91. The maximum Gasteiger partial charge on any atom is 0.244 e. The number of nitrogens with one attached hydrogen (secondary N) is 1. The summed E-state index contributed by atoms with van der Waals surface area (Å²) in [7, 11) is -3.60. The molecule has 7 nitrogen and oxygen atoms in total. The lowest BCUT2D eigenvalue weighted by atomic mass is 9.94. The molecule has 1 fully saturated rings. The summed E-state index contributed by atoms with van der Waals surface area (Å²) in [5.74, 6) is 0.396. The van der Waals surface area contributed by atoms with Crippen molar-refractivity contribution in [1.82, 2.24) is 9.29 Å². The van der Waals surface area contributed by atoms with Crippen molar-refractivity contribution in [2.45, 2.75) is 32.1 Å². The van der Waals surface area contributed by atoms with Crippen LogP contribution in [0, 0.1) is 17.7 Å². The lowest BCUT2D eigenvalue weighted by Crippen LogP contribution is -2.42. The zero-order chi connectivity index (χ0) is 21.2. The van der Waals surface area contributed by atoms with Crippen molar-refractivity contribution in [3.8, 4) is 5.75 Å². The second-order valence-corrected chi connectivity index (χ2v) is 9.56. The van der Waals surface area contributed by atoms with Crippen molar-refractivity contribution >= 4 is 21.6 Å². The van der Waals surface area contributed by atoms with Crippen molar-refractivity contribution in [3.05, 3.63) is 47.9 Å². The lowest BCUT2D eigenvalue weighted by molar-refractivity contribution is 0.222. The highest BCUT2D eigenvalue weighted by atomic mass is 32.2. The van der Waals surface area contributed by atoms with Gasteiger partial charge in [-0.1, -0.05) is 13.8 Å².